The van der Waals surface area contributed by atoms with Crippen LogP contribution in [0.4, 0.5) is 18.9 Å². The molecule has 0 aromatic heterocycles. The van der Waals surface area contributed by atoms with E-state index >= 15 is 0 Å². The number of hydrogen-bond acceptors (Lipinski definition) is 2. The molecule has 0 unspecified atom stereocenters. The van der Waals surface area contributed by atoms with Crippen LogP contribution in [0.3, 0.4) is 0 Å². The summed E-state index contributed by atoms with van der Waals surface area (Å²) in [4.78, 5) is 12.1. The minimum Gasteiger partial charge on any atom is -0.398 e. The number of hydrogen-bond donors (Lipinski definition) is 1. The average molecular weight is 344 g/mol. The SMILES string of the molecule is Nc1ccc(C(=O)c2ccc(C(F)(F)F)cc2)cc1Br. The number of rotatable bonds is 2. The number of nitrogens with two attached hydrogens (primary N) is 1. The molecule has 0 fully saturated rings. The monoisotopic (exact) mass is 343 g/mol. The molecule has 0 atom stereocenters. The number of ketones is 1. The molecule has 6 heteroatoms. The molecular formula is C14H9BrF3NO. The van der Waals surface area contributed by atoms with E-state index in [0.717, 1.165) is 24.3 Å². The lowest BCUT2D eigenvalue weighted by Crippen LogP contribution is -2.06. The first-order valence-corrected chi connectivity index (χ1v) is 6.35. The van der Waals surface area contributed by atoms with Gasteiger partial charge in [-0.15, -0.1) is 0 Å². The maximum Gasteiger partial charge on any atom is 0.416 e. The van der Waals surface area contributed by atoms with Gasteiger partial charge in [-0.2, -0.15) is 13.2 Å². The van der Waals surface area contributed by atoms with Crippen molar-refractivity contribution in [1.29, 1.82) is 0 Å². The molecule has 0 amide bonds. The molecule has 2 nitrogen and oxygen atoms in total. The second kappa shape index (κ2) is 5.28. The lowest BCUT2D eigenvalue weighted by molar-refractivity contribution is -0.137. The predicted octanol–water partition coefficient (Wildman–Crippen LogP) is 4.28. The Bertz CT molecular complexity index is 650. The highest BCUT2D eigenvalue weighted by molar-refractivity contribution is 9.10. The molecule has 0 radical (unpaired) electrons. The highest BCUT2D eigenvalue weighted by Crippen LogP contribution is 2.29. The molecule has 0 bridgehead atoms. The maximum absolute atomic E-state index is 12.4. The van der Waals surface area contributed by atoms with E-state index in [1.54, 1.807) is 6.07 Å². The van der Waals surface area contributed by atoms with Crippen molar-refractivity contribution in [1.82, 2.24) is 0 Å². The number of nitrogen functional groups attached to an aromatic ring is 1. The van der Waals surface area contributed by atoms with Gasteiger partial charge in [0.15, 0.2) is 5.78 Å². The molecule has 0 saturated heterocycles. The quantitative estimate of drug-likeness (QED) is 0.653. The molecule has 0 spiro atoms. The smallest absolute Gasteiger partial charge is 0.398 e. The van der Waals surface area contributed by atoms with E-state index in [9.17, 15) is 18.0 Å². The van der Waals surface area contributed by atoms with Crippen molar-refractivity contribution in [3.05, 3.63) is 63.6 Å². The van der Waals surface area contributed by atoms with Crippen LogP contribution in [0.25, 0.3) is 0 Å². The van der Waals surface area contributed by atoms with Crippen LogP contribution in [0, 0.1) is 0 Å². The zero-order valence-corrected chi connectivity index (χ0v) is 11.6. The molecule has 2 aromatic carbocycles. The molecule has 0 aliphatic carbocycles. The number of benzene rings is 2. The van der Waals surface area contributed by atoms with Crippen molar-refractivity contribution in [3.8, 4) is 0 Å². The lowest BCUT2D eigenvalue weighted by Gasteiger charge is -2.08. The summed E-state index contributed by atoms with van der Waals surface area (Å²) in [6.45, 7) is 0. The summed E-state index contributed by atoms with van der Waals surface area (Å²) >= 11 is 3.20. The van der Waals surface area contributed by atoms with Crippen molar-refractivity contribution in [3.63, 3.8) is 0 Å². The number of alkyl halides is 3. The van der Waals surface area contributed by atoms with E-state index in [1.807, 2.05) is 0 Å². The Balaban J connectivity index is 2.31. The second-order valence-corrected chi connectivity index (χ2v) is 4.99. The summed E-state index contributed by atoms with van der Waals surface area (Å²) in [7, 11) is 0. The fourth-order valence-corrected chi connectivity index (χ4v) is 2.02. The van der Waals surface area contributed by atoms with E-state index < -0.39 is 11.7 Å². The molecule has 2 rings (SSSR count). The van der Waals surface area contributed by atoms with Gasteiger partial charge in [0.1, 0.15) is 0 Å². The van der Waals surface area contributed by atoms with E-state index in [4.69, 9.17) is 5.73 Å². The topological polar surface area (TPSA) is 43.1 Å². The van der Waals surface area contributed by atoms with Crippen LogP contribution in [-0.2, 0) is 6.18 Å². The normalized spacial score (nSPS) is 11.4. The van der Waals surface area contributed by atoms with Gasteiger partial charge in [-0.1, -0.05) is 12.1 Å². The number of halogens is 4. The van der Waals surface area contributed by atoms with Gasteiger partial charge in [-0.3, -0.25) is 4.79 Å². The predicted molar refractivity (Wildman–Crippen MR) is 73.4 cm³/mol. The molecule has 0 aliphatic heterocycles. The summed E-state index contributed by atoms with van der Waals surface area (Å²) in [5.74, 6) is -0.362. The Labute approximate surface area is 121 Å². The summed E-state index contributed by atoms with van der Waals surface area (Å²) < 4.78 is 37.9. The van der Waals surface area contributed by atoms with Gasteiger partial charge >= 0.3 is 6.18 Å². The average Bonchev–Trinajstić information content (AvgIpc) is 2.40. The van der Waals surface area contributed by atoms with Crippen molar-refractivity contribution >= 4 is 27.4 Å². The Morgan fingerprint density at radius 3 is 2.05 bits per heavy atom. The van der Waals surface area contributed by atoms with Gasteiger partial charge in [0.05, 0.1) is 5.56 Å². The molecule has 2 N–H and O–H groups in total. The summed E-state index contributed by atoms with van der Waals surface area (Å²) in [5.41, 5.74) is 5.85. The third kappa shape index (κ3) is 3.01. The van der Waals surface area contributed by atoms with Crippen LogP contribution in [0.1, 0.15) is 21.5 Å². The third-order valence-electron chi connectivity index (χ3n) is 2.74. The fourth-order valence-electron chi connectivity index (χ4n) is 1.65. The van der Waals surface area contributed by atoms with E-state index in [1.165, 1.54) is 12.1 Å². The highest BCUT2D eigenvalue weighted by atomic mass is 79.9. The summed E-state index contributed by atoms with van der Waals surface area (Å²) in [6, 6.07) is 8.72. The van der Waals surface area contributed by atoms with Gasteiger partial charge in [0.25, 0.3) is 0 Å². The van der Waals surface area contributed by atoms with Crippen LogP contribution < -0.4 is 5.73 Å². The molecular weight excluding hydrogens is 335 g/mol. The van der Waals surface area contributed by atoms with E-state index in [-0.39, 0.29) is 11.3 Å². The van der Waals surface area contributed by atoms with Gasteiger partial charge < -0.3 is 5.73 Å². The van der Waals surface area contributed by atoms with Crippen molar-refractivity contribution in [2.75, 3.05) is 5.73 Å². The number of anilines is 1. The molecule has 0 heterocycles. The Morgan fingerprint density at radius 1 is 1.00 bits per heavy atom. The van der Waals surface area contributed by atoms with Crippen molar-refractivity contribution in [2.24, 2.45) is 0 Å². The minimum atomic E-state index is -4.41. The molecule has 104 valence electrons. The van der Waals surface area contributed by atoms with Gasteiger partial charge in [0, 0.05) is 21.3 Å². The standard InChI is InChI=1S/C14H9BrF3NO/c15-11-7-9(3-6-12(11)19)13(20)8-1-4-10(5-2-8)14(16,17)18/h1-7H,19H2. The minimum absolute atomic E-state index is 0.190. The fraction of sp³-hybridized carbons (Fsp3) is 0.0714. The highest BCUT2D eigenvalue weighted by Gasteiger charge is 2.30. The van der Waals surface area contributed by atoms with Gasteiger partial charge in [-0.05, 0) is 46.3 Å². The maximum atomic E-state index is 12.4. The molecule has 0 aliphatic rings. The Hall–Kier alpha value is -1.82. The van der Waals surface area contributed by atoms with Crippen molar-refractivity contribution in [2.45, 2.75) is 6.18 Å². The second-order valence-electron chi connectivity index (χ2n) is 4.14. The number of carbonyl (C=O) groups excluding carboxylic acids is 1. The summed E-state index contributed by atoms with van der Waals surface area (Å²) in [6.07, 6.45) is -4.41. The zero-order chi connectivity index (χ0) is 14.9. The largest absolute Gasteiger partial charge is 0.416 e. The van der Waals surface area contributed by atoms with Gasteiger partial charge in [-0.25, -0.2) is 0 Å². The van der Waals surface area contributed by atoms with E-state index in [2.05, 4.69) is 15.9 Å². The van der Waals surface area contributed by atoms with Gasteiger partial charge in [0.2, 0.25) is 0 Å². The number of carbonyl (C=O) groups is 1. The molecule has 2 aromatic rings. The first kappa shape index (κ1) is 14.6. The van der Waals surface area contributed by atoms with Crippen LogP contribution in [0.15, 0.2) is 46.9 Å². The zero-order valence-electron chi connectivity index (χ0n) is 10.0. The molecule has 0 saturated carbocycles. The van der Waals surface area contributed by atoms with Crippen LogP contribution in [-0.4, -0.2) is 5.78 Å². The van der Waals surface area contributed by atoms with Crippen LogP contribution in [0.2, 0.25) is 0 Å². The van der Waals surface area contributed by atoms with E-state index in [0.29, 0.717) is 15.7 Å². The first-order valence-electron chi connectivity index (χ1n) is 5.56. The lowest BCUT2D eigenvalue weighted by atomic mass is 10.0. The summed E-state index contributed by atoms with van der Waals surface area (Å²) in [5, 5.41) is 0. The Kier molecular flexibility index (Phi) is 3.85. The van der Waals surface area contributed by atoms with Crippen LogP contribution >= 0.6 is 15.9 Å². The van der Waals surface area contributed by atoms with Crippen molar-refractivity contribution < 1.29 is 18.0 Å². The first-order chi connectivity index (χ1) is 9.29. The van der Waals surface area contributed by atoms with Crippen LogP contribution in [0.5, 0.6) is 0 Å². The molecule has 20 heavy (non-hydrogen) atoms. The third-order valence-corrected chi connectivity index (χ3v) is 3.42. The Morgan fingerprint density at radius 2 is 1.55 bits per heavy atom.